The van der Waals surface area contributed by atoms with Crippen LogP contribution in [0.5, 0.6) is 5.75 Å². The molecule has 0 saturated heterocycles. The number of hydrogen-bond acceptors (Lipinski definition) is 4. The molecule has 3 rings (SSSR count). The summed E-state index contributed by atoms with van der Waals surface area (Å²) >= 11 is 11.9. The fourth-order valence-corrected chi connectivity index (χ4v) is 2.69. The summed E-state index contributed by atoms with van der Waals surface area (Å²) < 4.78 is 10.8. The van der Waals surface area contributed by atoms with Crippen molar-refractivity contribution in [3.8, 4) is 5.75 Å². The zero-order valence-electron chi connectivity index (χ0n) is 13.8. The van der Waals surface area contributed by atoms with Crippen molar-refractivity contribution in [1.82, 2.24) is 0 Å². The lowest BCUT2D eigenvalue weighted by Crippen LogP contribution is -2.31. The number of carbonyl (C=O) groups is 2. The highest BCUT2D eigenvalue weighted by Gasteiger charge is 2.23. The van der Waals surface area contributed by atoms with Gasteiger partial charge in [-0.2, -0.15) is 0 Å². The predicted molar refractivity (Wildman–Crippen MR) is 101 cm³/mol. The monoisotopic (exact) mass is 391 g/mol. The zero-order chi connectivity index (χ0) is 18.7. The molecule has 1 heterocycles. The number of halogens is 2. The third-order valence-corrected chi connectivity index (χ3v) is 4.30. The maximum Gasteiger partial charge on any atom is 0.338 e. The van der Waals surface area contributed by atoms with Gasteiger partial charge in [0.05, 0.1) is 16.3 Å². The van der Waals surface area contributed by atoms with E-state index in [1.165, 1.54) is 13.0 Å². The van der Waals surface area contributed by atoms with Crippen molar-refractivity contribution in [2.75, 3.05) is 11.9 Å². The van der Waals surface area contributed by atoms with Gasteiger partial charge in [-0.15, -0.1) is 0 Å². The molecule has 1 atom stereocenters. The van der Waals surface area contributed by atoms with Crippen molar-refractivity contribution < 1.29 is 19.1 Å². The molecule has 1 amide bonds. The first-order valence-corrected chi connectivity index (χ1v) is 8.59. The van der Waals surface area contributed by atoms with Gasteiger partial charge in [-0.3, -0.25) is 4.79 Å². The number of hydrogen-bond donors (Lipinski definition) is 1. The molecule has 2 aromatic rings. The highest BCUT2D eigenvalue weighted by Crippen LogP contribution is 2.27. The van der Waals surface area contributed by atoms with E-state index in [-0.39, 0.29) is 6.61 Å². The number of rotatable bonds is 4. The molecule has 7 heteroatoms. The summed E-state index contributed by atoms with van der Waals surface area (Å²) in [7, 11) is 0. The average Bonchev–Trinajstić information content (AvgIpc) is 2.64. The second kappa shape index (κ2) is 7.81. The van der Waals surface area contributed by atoms with E-state index in [1.807, 2.05) is 24.3 Å². The first-order valence-electron chi connectivity index (χ1n) is 7.83. The van der Waals surface area contributed by atoms with Gasteiger partial charge in [-0.1, -0.05) is 41.4 Å². The Morgan fingerprint density at radius 1 is 1.19 bits per heavy atom. The van der Waals surface area contributed by atoms with Crippen molar-refractivity contribution >= 4 is 46.8 Å². The maximum absolute atomic E-state index is 12.3. The van der Waals surface area contributed by atoms with Gasteiger partial charge < -0.3 is 14.8 Å². The Morgan fingerprint density at radius 2 is 1.96 bits per heavy atom. The van der Waals surface area contributed by atoms with Crippen molar-refractivity contribution in [1.29, 1.82) is 0 Å². The second-order valence-corrected chi connectivity index (χ2v) is 6.50. The molecular weight excluding hydrogens is 377 g/mol. The number of nitrogens with one attached hydrogen (secondary N) is 1. The van der Waals surface area contributed by atoms with E-state index in [2.05, 4.69) is 5.32 Å². The normalized spacial score (nSPS) is 13.7. The molecule has 0 saturated carbocycles. The molecule has 0 aromatic heterocycles. The van der Waals surface area contributed by atoms with Crippen LogP contribution in [-0.4, -0.2) is 24.6 Å². The quantitative estimate of drug-likeness (QED) is 0.787. The van der Waals surface area contributed by atoms with Crippen molar-refractivity contribution in [2.45, 2.75) is 13.0 Å². The van der Waals surface area contributed by atoms with E-state index in [4.69, 9.17) is 32.7 Å². The summed E-state index contributed by atoms with van der Waals surface area (Å²) in [6.07, 6.45) is 0.676. The van der Waals surface area contributed by atoms with Crippen LogP contribution < -0.4 is 10.1 Å². The van der Waals surface area contributed by atoms with Gasteiger partial charge >= 0.3 is 5.97 Å². The first kappa shape index (κ1) is 18.3. The van der Waals surface area contributed by atoms with E-state index in [0.717, 1.165) is 5.56 Å². The minimum atomic E-state index is -1.02. The molecule has 0 spiro atoms. The number of anilines is 1. The molecule has 26 heavy (non-hydrogen) atoms. The number of para-hydroxylation sites is 1. The van der Waals surface area contributed by atoms with Crippen LogP contribution >= 0.6 is 23.2 Å². The fraction of sp³-hybridized carbons (Fsp3) is 0.158. The van der Waals surface area contributed by atoms with Gasteiger partial charge in [0.1, 0.15) is 12.4 Å². The minimum Gasteiger partial charge on any atom is -0.488 e. The minimum absolute atomic E-state index is 0.0876. The maximum atomic E-state index is 12.3. The van der Waals surface area contributed by atoms with E-state index in [9.17, 15) is 9.59 Å². The molecule has 5 nitrogen and oxygen atoms in total. The Kier molecular flexibility index (Phi) is 5.49. The van der Waals surface area contributed by atoms with Crippen LogP contribution in [0.15, 0.2) is 48.0 Å². The molecule has 1 N–H and O–H groups in total. The summed E-state index contributed by atoms with van der Waals surface area (Å²) in [5, 5.41) is 3.35. The Balaban J connectivity index is 1.65. The molecule has 1 aliphatic heterocycles. The molecule has 2 aromatic carbocycles. The van der Waals surface area contributed by atoms with Crippen LogP contribution in [-0.2, 0) is 14.3 Å². The molecule has 0 unspecified atom stereocenters. The lowest BCUT2D eigenvalue weighted by Gasteiger charge is -2.19. The molecular formula is C19H15Cl2NO4. The molecule has 0 aliphatic carbocycles. The number of ether oxygens (including phenoxy) is 2. The molecule has 0 bridgehead atoms. The average molecular weight is 392 g/mol. The Labute approximate surface area is 160 Å². The van der Waals surface area contributed by atoms with Crippen molar-refractivity contribution in [3.63, 3.8) is 0 Å². The lowest BCUT2D eigenvalue weighted by molar-refractivity contribution is -0.149. The predicted octanol–water partition coefficient (Wildman–Crippen LogP) is 4.34. The van der Waals surface area contributed by atoms with Crippen LogP contribution in [0.3, 0.4) is 0 Å². The number of fused-ring (bicyclic) bond motifs is 1. The standard InChI is InChI=1S/C19H15Cl2NO4/c1-11(18(23)22-16-9-14(20)6-7-15(16)21)26-19(24)13-8-12-4-2-3-5-17(12)25-10-13/h2-9,11H,10H2,1H3,(H,22,23)/t11-/m0/s1. The smallest absolute Gasteiger partial charge is 0.338 e. The van der Waals surface area contributed by atoms with E-state index >= 15 is 0 Å². The largest absolute Gasteiger partial charge is 0.488 e. The Hall–Kier alpha value is -2.50. The summed E-state index contributed by atoms with van der Waals surface area (Å²) in [6.45, 7) is 1.56. The van der Waals surface area contributed by atoms with Gasteiger partial charge in [-0.25, -0.2) is 4.79 Å². The van der Waals surface area contributed by atoms with E-state index in [1.54, 1.807) is 18.2 Å². The van der Waals surface area contributed by atoms with Crippen LogP contribution in [0.2, 0.25) is 10.0 Å². The summed E-state index contributed by atoms with van der Waals surface area (Å²) in [5.74, 6) is -0.426. The second-order valence-electron chi connectivity index (χ2n) is 5.66. The summed E-state index contributed by atoms with van der Waals surface area (Å²) in [6, 6.07) is 12.0. The Bertz CT molecular complexity index is 895. The number of carbonyl (C=O) groups excluding carboxylic acids is 2. The van der Waals surface area contributed by atoms with Crippen LogP contribution in [0.1, 0.15) is 12.5 Å². The van der Waals surface area contributed by atoms with Gasteiger partial charge in [0.2, 0.25) is 0 Å². The highest BCUT2D eigenvalue weighted by molar-refractivity contribution is 6.35. The molecule has 1 aliphatic rings. The van der Waals surface area contributed by atoms with E-state index in [0.29, 0.717) is 27.1 Å². The molecule has 0 fully saturated rings. The third-order valence-electron chi connectivity index (χ3n) is 3.73. The summed E-state index contributed by atoms with van der Waals surface area (Å²) in [4.78, 5) is 24.6. The van der Waals surface area contributed by atoms with Crippen LogP contribution in [0.4, 0.5) is 5.69 Å². The third kappa shape index (κ3) is 4.18. The van der Waals surface area contributed by atoms with Gasteiger partial charge in [0, 0.05) is 10.6 Å². The van der Waals surface area contributed by atoms with Crippen LogP contribution in [0.25, 0.3) is 6.08 Å². The van der Waals surface area contributed by atoms with E-state index < -0.39 is 18.0 Å². The van der Waals surface area contributed by atoms with Crippen molar-refractivity contribution in [2.24, 2.45) is 0 Å². The zero-order valence-corrected chi connectivity index (χ0v) is 15.3. The Morgan fingerprint density at radius 3 is 2.77 bits per heavy atom. The SMILES string of the molecule is C[C@H](OC(=O)C1=Cc2ccccc2OC1)C(=O)Nc1cc(Cl)ccc1Cl. The number of esters is 1. The fourth-order valence-electron chi connectivity index (χ4n) is 2.35. The topological polar surface area (TPSA) is 64.6 Å². The highest BCUT2D eigenvalue weighted by atomic mass is 35.5. The van der Waals surface area contributed by atoms with Crippen molar-refractivity contribution in [3.05, 3.63) is 63.6 Å². The van der Waals surface area contributed by atoms with Gasteiger partial charge in [0.25, 0.3) is 5.91 Å². The molecule has 134 valence electrons. The number of benzene rings is 2. The van der Waals surface area contributed by atoms with Gasteiger partial charge in [0.15, 0.2) is 6.10 Å². The molecule has 0 radical (unpaired) electrons. The lowest BCUT2D eigenvalue weighted by atomic mass is 10.1. The first-order chi connectivity index (χ1) is 12.4. The summed E-state index contributed by atoms with van der Waals surface area (Å²) in [5.41, 5.74) is 1.47. The van der Waals surface area contributed by atoms with Crippen LogP contribution in [0, 0.1) is 0 Å². The van der Waals surface area contributed by atoms with Gasteiger partial charge in [-0.05, 0) is 37.3 Å². The number of amides is 1.